The van der Waals surface area contributed by atoms with Gasteiger partial charge in [0.15, 0.2) is 0 Å². The first kappa shape index (κ1) is 16.3. The molecular formula is C17H34N2O. The predicted octanol–water partition coefficient (Wildman–Crippen LogP) is 2.64. The summed E-state index contributed by atoms with van der Waals surface area (Å²) in [5, 5.41) is 12.9. The van der Waals surface area contributed by atoms with Crippen molar-refractivity contribution >= 4 is 0 Å². The van der Waals surface area contributed by atoms with Crippen molar-refractivity contribution in [3.8, 4) is 0 Å². The van der Waals surface area contributed by atoms with E-state index in [9.17, 15) is 5.11 Å². The first-order valence-electron chi connectivity index (χ1n) is 8.60. The highest BCUT2D eigenvalue weighted by atomic mass is 16.3. The average Bonchev–Trinajstić information content (AvgIpc) is 2.40. The van der Waals surface area contributed by atoms with Crippen LogP contribution in [0, 0.1) is 11.3 Å². The maximum absolute atomic E-state index is 9.28. The van der Waals surface area contributed by atoms with Gasteiger partial charge in [0, 0.05) is 25.2 Å². The van der Waals surface area contributed by atoms with Gasteiger partial charge >= 0.3 is 0 Å². The first-order valence-corrected chi connectivity index (χ1v) is 8.60. The van der Waals surface area contributed by atoms with Crippen LogP contribution in [0.1, 0.15) is 58.8 Å². The number of piperidine rings is 1. The topological polar surface area (TPSA) is 35.5 Å². The summed E-state index contributed by atoms with van der Waals surface area (Å²) < 4.78 is 0. The highest BCUT2D eigenvalue weighted by Crippen LogP contribution is 2.39. The second-order valence-electron chi connectivity index (χ2n) is 7.56. The lowest BCUT2D eigenvalue weighted by Gasteiger charge is -2.47. The van der Waals surface area contributed by atoms with Crippen LogP contribution in [0.2, 0.25) is 0 Å². The molecule has 20 heavy (non-hydrogen) atoms. The monoisotopic (exact) mass is 282 g/mol. The number of likely N-dealkylation sites (tertiary alicyclic amines) is 1. The molecule has 1 saturated heterocycles. The maximum Gasteiger partial charge on any atom is 0.0445 e. The molecule has 1 aliphatic heterocycles. The van der Waals surface area contributed by atoms with Crippen LogP contribution in [0.15, 0.2) is 0 Å². The van der Waals surface area contributed by atoms with Gasteiger partial charge in [-0.2, -0.15) is 0 Å². The van der Waals surface area contributed by atoms with E-state index >= 15 is 0 Å². The highest BCUT2D eigenvalue weighted by Gasteiger charge is 2.39. The molecule has 0 aromatic heterocycles. The van der Waals surface area contributed by atoms with E-state index in [1.54, 1.807) is 0 Å². The minimum absolute atomic E-state index is 0.340. The van der Waals surface area contributed by atoms with E-state index in [-0.39, 0.29) is 0 Å². The molecule has 1 saturated carbocycles. The van der Waals surface area contributed by atoms with Crippen LogP contribution in [0.25, 0.3) is 0 Å². The van der Waals surface area contributed by atoms with E-state index in [0.29, 0.717) is 24.1 Å². The third kappa shape index (κ3) is 3.75. The third-order valence-electron chi connectivity index (χ3n) is 5.70. The molecule has 3 atom stereocenters. The van der Waals surface area contributed by atoms with Gasteiger partial charge in [-0.1, -0.05) is 26.7 Å². The van der Waals surface area contributed by atoms with E-state index in [4.69, 9.17) is 0 Å². The zero-order valence-electron chi connectivity index (χ0n) is 13.7. The number of hydrogen-bond acceptors (Lipinski definition) is 3. The number of nitrogens with one attached hydrogen (secondary N) is 1. The zero-order valence-corrected chi connectivity index (χ0v) is 13.7. The number of rotatable bonds is 5. The molecule has 2 fully saturated rings. The van der Waals surface area contributed by atoms with Crippen molar-refractivity contribution in [2.45, 2.75) is 70.9 Å². The van der Waals surface area contributed by atoms with E-state index < -0.39 is 0 Å². The number of nitrogens with zero attached hydrogens (tertiary/aromatic N) is 1. The molecule has 0 aromatic carbocycles. The smallest absolute Gasteiger partial charge is 0.0445 e. The Balaban J connectivity index is 1.99. The Bertz CT molecular complexity index is 291. The minimum atomic E-state index is 0.340. The van der Waals surface area contributed by atoms with Gasteiger partial charge < -0.3 is 10.4 Å². The Morgan fingerprint density at radius 2 is 2.00 bits per heavy atom. The number of aliphatic hydroxyl groups excluding tert-OH is 1. The zero-order chi connectivity index (χ0) is 14.6. The predicted molar refractivity (Wildman–Crippen MR) is 84.9 cm³/mol. The van der Waals surface area contributed by atoms with Gasteiger partial charge in [-0.25, -0.2) is 0 Å². The number of hydrogen-bond donors (Lipinski definition) is 2. The molecule has 0 bridgehead atoms. The lowest BCUT2D eigenvalue weighted by molar-refractivity contribution is 0.0480. The summed E-state index contributed by atoms with van der Waals surface area (Å²) in [5.74, 6) is 0.767. The van der Waals surface area contributed by atoms with Crippen molar-refractivity contribution in [3.63, 3.8) is 0 Å². The van der Waals surface area contributed by atoms with Crippen LogP contribution in [0.5, 0.6) is 0 Å². The molecule has 1 aliphatic carbocycles. The molecule has 3 nitrogen and oxygen atoms in total. The van der Waals surface area contributed by atoms with E-state index in [1.807, 2.05) is 0 Å². The van der Waals surface area contributed by atoms with Crippen LogP contribution in [0.3, 0.4) is 0 Å². The van der Waals surface area contributed by atoms with Crippen LogP contribution in [0.4, 0.5) is 0 Å². The van der Waals surface area contributed by atoms with Crippen molar-refractivity contribution in [1.82, 2.24) is 10.2 Å². The Morgan fingerprint density at radius 3 is 2.70 bits per heavy atom. The van der Waals surface area contributed by atoms with Crippen LogP contribution >= 0.6 is 0 Å². The van der Waals surface area contributed by atoms with Crippen molar-refractivity contribution in [2.75, 3.05) is 26.7 Å². The average molecular weight is 282 g/mol. The second kappa shape index (κ2) is 7.24. The van der Waals surface area contributed by atoms with Crippen molar-refractivity contribution < 1.29 is 5.11 Å². The molecule has 2 aliphatic rings. The van der Waals surface area contributed by atoms with E-state index in [0.717, 1.165) is 12.3 Å². The van der Waals surface area contributed by atoms with Gasteiger partial charge in [-0.15, -0.1) is 0 Å². The van der Waals surface area contributed by atoms with Crippen LogP contribution < -0.4 is 5.32 Å². The first-order chi connectivity index (χ1) is 9.58. The van der Waals surface area contributed by atoms with Gasteiger partial charge in [0.1, 0.15) is 0 Å². The molecule has 3 heteroatoms. The molecule has 0 amide bonds. The molecule has 2 rings (SSSR count). The fourth-order valence-corrected chi connectivity index (χ4v) is 4.68. The summed E-state index contributed by atoms with van der Waals surface area (Å²) in [5.41, 5.74) is 0.417. The van der Waals surface area contributed by atoms with Gasteiger partial charge in [0.25, 0.3) is 0 Å². The third-order valence-corrected chi connectivity index (χ3v) is 5.70. The molecule has 0 aromatic rings. The highest BCUT2D eigenvalue weighted by molar-refractivity contribution is 4.94. The lowest BCUT2D eigenvalue weighted by Crippen LogP contribution is -2.53. The quantitative estimate of drug-likeness (QED) is 0.814. The fourth-order valence-electron chi connectivity index (χ4n) is 4.68. The van der Waals surface area contributed by atoms with E-state index in [1.165, 1.54) is 51.6 Å². The Morgan fingerprint density at radius 1 is 1.20 bits per heavy atom. The summed E-state index contributed by atoms with van der Waals surface area (Å²) in [4.78, 5) is 2.68. The Hall–Kier alpha value is -0.120. The molecule has 2 N–H and O–H groups in total. The Kier molecular flexibility index (Phi) is 5.88. The minimum Gasteiger partial charge on any atom is -0.396 e. The molecule has 3 unspecified atom stereocenters. The summed E-state index contributed by atoms with van der Waals surface area (Å²) in [6.07, 6.45) is 8.98. The summed E-state index contributed by atoms with van der Waals surface area (Å²) in [7, 11) is 2.13. The van der Waals surface area contributed by atoms with E-state index in [2.05, 4.69) is 31.1 Å². The fraction of sp³-hybridized carbons (Fsp3) is 1.00. The van der Waals surface area contributed by atoms with Gasteiger partial charge in [0.2, 0.25) is 0 Å². The summed E-state index contributed by atoms with van der Waals surface area (Å²) >= 11 is 0. The summed E-state index contributed by atoms with van der Waals surface area (Å²) in [6, 6.07) is 1.25. The van der Waals surface area contributed by atoms with Crippen molar-refractivity contribution in [2.24, 2.45) is 11.3 Å². The Labute approximate surface area is 125 Å². The summed E-state index contributed by atoms with van der Waals surface area (Å²) in [6.45, 7) is 7.63. The molecule has 0 spiro atoms. The van der Waals surface area contributed by atoms with Gasteiger partial charge in [0.05, 0.1) is 0 Å². The lowest BCUT2D eigenvalue weighted by atomic mass is 9.67. The standard InChI is InChI=1S/C17H34N2O/c1-17(2)10-6-7-14(16(17)18-3)13-19-11-5-4-8-15(19)9-12-20/h14-16,18,20H,4-13H2,1-3H3. The van der Waals surface area contributed by atoms with Gasteiger partial charge in [-0.05, 0) is 57.0 Å². The molecule has 1 heterocycles. The van der Waals surface area contributed by atoms with Crippen molar-refractivity contribution in [1.29, 1.82) is 0 Å². The molecular weight excluding hydrogens is 248 g/mol. The normalized spacial score (nSPS) is 35.1. The SMILES string of the molecule is CNC1C(CN2CCCCC2CCO)CCCC1(C)C. The van der Waals surface area contributed by atoms with Crippen LogP contribution in [-0.2, 0) is 0 Å². The van der Waals surface area contributed by atoms with Crippen LogP contribution in [-0.4, -0.2) is 48.8 Å². The van der Waals surface area contributed by atoms with Gasteiger partial charge in [-0.3, -0.25) is 4.90 Å². The number of aliphatic hydroxyl groups is 1. The second-order valence-corrected chi connectivity index (χ2v) is 7.56. The molecule has 118 valence electrons. The maximum atomic E-state index is 9.28. The molecule has 0 radical (unpaired) electrons. The largest absolute Gasteiger partial charge is 0.396 e. The van der Waals surface area contributed by atoms with Crippen molar-refractivity contribution in [3.05, 3.63) is 0 Å².